The molecule has 4 nitrogen and oxygen atoms in total. The van der Waals surface area contributed by atoms with Crippen LogP contribution in [0.15, 0.2) is 24.3 Å². The van der Waals surface area contributed by atoms with Crippen LogP contribution in [-0.4, -0.2) is 36.3 Å². The number of unbranched alkanes of at least 4 members (excludes halogenated alkanes) is 5. The van der Waals surface area contributed by atoms with Gasteiger partial charge in [-0.2, -0.15) is 0 Å². The molecule has 0 bridgehead atoms. The number of carbonyl (C=O) groups excluding carboxylic acids is 1. The summed E-state index contributed by atoms with van der Waals surface area (Å²) in [6, 6.07) is 9.06. The number of likely N-dealkylation sites (tertiary alicyclic amines) is 1. The van der Waals surface area contributed by atoms with Crippen molar-refractivity contribution in [3.8, 4) is 0 Å². The van der Waals surface area contributed by atoms with Crippen molar-refractivity contribution in [2.24, 2.45) is 0 Å². The Bertz CT molecular complexity index is 620. The molecule has 1 aliphatic rings. The summed E-state index contributed by atoms with van der Waals surface area (Å²) >= 11 is 0. The molecule has 2 rings (SSSR count). The Labute approximate surface area is 184 Å². The Morgan fingerprint density at radius 1 is 1.10 bits per heavy atom. The standard InChI is InChI=1S/C26H43NO3/c1-6-7-8-9-10-11-13-21-15-17-22(18-16-21)24(29-5)20-23-14-12-19-27(23)25(28)30-26(2,3)4/h15-18,23-24H,6-14,19-20H2,1-5H3/t23-,24?/m0/s1. The van der Waals surface area contributed by atoms with E-state index in [0.717, 1.165) is 32.2 Å². The number of ether oxygens (including phenoxy) is 2. The number of aryl methyl sites for hydroxylation is 1. The van der Waals surface area contributed by atoms with Crippen LogP contribution in [0.5, 0.6) is 0 Å². The lowest BCUT2D eigenvalue weighted by molar-refractivity contribution is 0.0143. The number of hydrogen-bond donors (Lipinski definition) is 0. The van der Waals surface area contributed by atoms with Crippen molar-refractivity contribution in [3.63, 3.8) is 0 Å². The van der Waals surface area contributed by atoms with Gasteiger partial charge in [0.2, 0.25) is 0 Å². The fraction of sp³-hybridized carbons (Fsp3) is 0.731. The minimum atomic E-state index is -0.462. The van der Waals surface area contributed by atoms with Gasteiger partial charge in [0.05, 0.1) is 6.10 Å². The maximum Gasteiger partial charge on any atom is 0.410 e. The summed E-state index contributed by atoms with van der Waals surface area (Å²) in [5.74, 6) is 0. The summed E-state index contributed by atoms with van der Waals surface area (Å²) < 4.78 is 11.4. The smallest absolute Gasteiger partial charge is 0.410 e. The second-order valence-electron chi connectivity index (χ2n) is 9.69. The Morgan fingerprint density at radius 3 is 2.40 bits per heavy atom. The summed E-state index contributed by atoms with van der Waals surface area (Å²) in [6.45, 7) is 8.78. The largest absolute Gasteiger partial charge is 0.444 e. The number of amides is 1. The molecule has 0 saturated carbocycles. The van der Waals surface area contributed by atoms with Gasteiger partial charge in [0.15, 0.2) is 0 Å². The molecule has 1 saturated heterocycles. The quantitative estimate of drug-likeness (QED) is 0.362. The van der Waals surface area contributed by atoms with Crippen molar-refractivity contribution in [2.45, 2.75) is 110 Å². The zero-order valence-corrected chi connectivity index (χ0v) is 19.9. The molecule has 1 aliphatic heterocycles. The van der Waals surface area contributed by atoms with Gasteiger partial charge in [0.1, 0.15) is 5.60 Å². The van der Waals surface area contributed by atoms with E-state index in [9.17, 15) is 4.79 Å². The molecular weight excluding hydrogens is 374 g/mol. The number of methoxy groups -OCH3 is 1. The first-order valence-corrected chi connectivity index (χ1v) is 11.9. The van der Waals surface area contributed by atoms with Crippen molar-refractivity contribution in [1.29, 1.82) is 0 Å². The molecule has 0 N–H and O–H groups in total. The van der Waals surface area contributed by atoms with E-state index in [1.807, 2.05) is 25.7 Å². The van der Waals surface area contributed by atoms with Gasteiger partial charge in [-0.3, -0.25) is 0 Å². The first kappa shape index (κ1) is 24.7. The monoisotopic (exact) mass is 417 g/mol. The highest BCUT2D eigenvalue weighted by Crippen LogP contribution is 2.31. The van der Waals surface area contributed by atoms with Gasteiger partial charge >= 0.3 is 6.09 Å². The first-order valence-electron chi connectivity index (χ1n) is 11.9. The highest BCUT2D eigenvalue weighted by molar-refractivity contribution is 5.69. The lowest BCUT2D eigenvalue weighted by atomic mass is 9.98. The van der Waals surface area contributed by atoms with Gasteiger partial charge in [-0.1, -0.05) is 63.3 Å². The van der Waals surface area contributed by atoms with E-state index in [-0.39, 0.29) is 18.2 Å². The fourth-order valence-electron chi connectivity index (χ4n) is 4.27. The second kappa shape index (κ2) is 12.3. The normalized spacial score (nSPS) is 17.9. The maximum absolute atomic E-state index is 12.6. The van der Waals surface area contributed by atoms with Crippen LogP contribution in [-0.2, 0) is 15.9 Å². The average Bonchev–Trinajstić information content (AvgIpc) is 3.16. The van der Waals surface area contributed by atoms with Crippen LogP contribution >= 0.6 is 0 Å². The predicted octanol–water partition coefficient (Wildman–Crippen LogP) is 7.07. The summed E-state index contributed by atoms with van der Waals surface area (Å²) in [5, 5.41) is 0. The molecule has 0 radical (unpaired) electrons. The van der Waals surface area contributed by atoms with Crippen molar-refractivity contribution in [1.82, 2.24) is 4.90 Å². The van der Waals surface area contributed by atoms with Crippen molar-refractivity contribution < 1.29 is 14.3 Å². The lowest BCUT2D eigenvalue weighted by Gasteiger charge is -2.30. The molecule has 1 aromatic carbocycles. The third-order valence-corrected chi connectivity index (χ3v) is 5.95. The molecule has 4 heteroatoms. The van der Waals surface area contributed by atoms with E-state index >= 15 is 0 Å². The molecule has 30 heavy (non-hydrogen) atoms. The van der Waals surface area contributed by atoms with Crippen LogP contribution in [0, 0.1) is 0 Å². The van der Waals surface area contributed by atoms with E-state index in [4.69, 9.17) is 9.47 Å². The summed E-state index contributed by atoms with van der Waals surface area (Å²) in [4.78, 5) is 14.5. The molecule has 1 amide bonds. The van der Waals surface area contributed by atoms with Gasteiger partial charge in [-0.15, -0.1) is 0 Å². The summed E-state index contributed by atoms with van der Waals surface area (Å²) in [7, 11) is 1.77. The summed E-state index contributed by atoms with van der Waals surface area (Å²) in [6.07, 6.45) is 11.8. The van der Waals surface area contributed by atoms with E-state index in [0.29, 0.717) is 0 Å². The van der Waals surface area contributed by atoms with E-state index < -0.39 is 5.60 Å². The van der Waals surface area contributed by atoms with Crippen molar-refractivity contribution >= 4 is 6.09 Å². The molecule has 1 unspecified atom stereocenters. The van der Waals surface area contributed by atoms with Crippen LogP contribution in [0.2, 0.25) is 0 Å². The summed E-state index contributed by atoms with van der Waals surface area (Å²) in [5.41, 5.74) is 2.14. The fourth-order valence-corrected chi connectivity index (χ4v) is 4.27. The molecule has 0 spiro atoms. The molecule has 0 aromatic heterocycles. The molecule has 1 aromatic rings. The zero-order chi connectivity index (χ0) is 22.0. The van der Waals surface area contributed by atoms with Crippen LogP contribution in [0.25, 0.3) is 0 Å². The third kappa shape index (κ3) is 8.29. The van der Waals surface area contributed by atoms with Gasteiger partial charge in [-0.25, -0.2) is 4.79 Å². The molecule has 0 aliphatic carbocycles. The number of benzene rings is 1. The van der Waals surface area contributed by atoms with Crippen molar-refractivity contribution in [3.05, 3.63) is 35.4 Å². The molecule has 2 atom stereocenters. The Morgan fingerprint density at radius 2 is 1.77 bits per heavy atom. The van der Waals surface area contributed by atoms with Gasteiger partial charge in [-0.05, 0) is 64.0 Å². The number of nitrogens with zero attached hydrogens (tertiary/aromatic N) is 1. The lowest BCUT2D eigenvalue weighted by Crippen LogP contribution is -2.40. The Hall–Kier alpha value is -1.55. The minimum absolute atomic E-state index is 0.00105. The molecular formula is C26H43NO3. The predicted molar refractivity (Wildman–Crippen MR) is 124 cm³/mol. The van der Waals surface area contributed by atoms with Crippen LogP contribution in [0.4, 0.5) is 4.79 Å². The van der Waals surface area contributed by atoms with Crippen LogP contribution < -0.4 is 0 Å². The van der Waals surface area contributed by atoms with Gasteiger partial charge in [0, 0.05) is 19.7 Å². The number of carbonyl (C=O) groups is 1. The maximum atomic E-state index is 12.6. The number of rotatable bonds is 11. The SMILES string of the molecule is CCCCCCCCc1ccc(C(C[C@@H]2CCCN2C(=O)OC(C)(C)C)OC)cc1. The zero-order valence-electron chi connectivity index (χ0n) is 19.9. The molecule has 1 fully saturated rings. The Kier molecular flexibility index (Phi) is 10.2. The Balaban J connectivity index is 1.87. The topological polar surface area (TPSA) is 38.8 Å². The highest BCUT2D eigenvalue weighted by atomic mass is 16.6. The number of hydrogen-bond acceptors (Lipinski definition) is 3. The minimum Gasteiger partial charge on any atom is -0.444 e. The average molecular weight is 418 g/mol. The van der Waals surface area contributed by atoms with Gasteiger partial charge in [0.25, 0.3) is 0 Å². The van der Waals surface area contributed by atoms with Gasteiger partial charge < -0.3 is 14.4 Å². The van der Waals surface area contributed by atoms with E-state index in [1.54, 1.807) is 7.11 Å². The molecule has 1 heterocycles. The third-order valence-electron chi connectivity index (χ3n) is 5.95. The highest BCUT2D eigenvalue weighted by Gasteiger charge is 2.34. The second-order valence-corrected chi connectivity index (χ2v) is 9.69. The van der Waals surface area contributed by atoms with Crippen LogP contribution in [0.1, 0.15) is 103 Å². The molecule has 170 valence electrons. The van der Waals surface area contributed by atoms with E-state index in [2.05, 4.69) is 31.2 Å². The van der Waals surface area contributed by atoms with Crippen molar-refractivity contribution in [2.75, 3.05) is 13.7 Å². The first-order chi connectivity index (χ1) is 14.3. The van der Waals surface area contributed by atoms with Crippen LogP contribution in [0.3, 0.4) is 0 Å². The van der Waals surface area contributed by atoms with E-state index in [1.165, 1.54) is 49.7 Å².